The number of ketones is 1. The van der Waals surface area contributed by atoms with Crippen molar-refractivity contribution in [2.75, 3.05) is 26.7 Å². The molecular weight excluding hydrogens is 709 g/mol. The number of nitrogens with zero attached hydrogens (tertiary/aromatic N) is 2. The Labute approximate surface area is 321 Å². The molecule has 2 aliphatic carbocycles. The van der Waals surface area contributed by atoms with Crippen LogP contribution in [0.1, 0.15) is 78.9 Å². The van der Waals surface area contributed by atoms with Crippen LogP contribution in [0.25, 0.3) is 0 Å². The molecule has 13 nitrogen and oxygen atoms in total. The number of carbonyl (C=O) groups excluding carboxylic acids is 5. The highest BCUT2D eigenvalue weighted by Crippen LogP contribution is 2.65. The number of piperidine rings is 1. The first-order valence-corrected chi connectivity index (χ1v) is 20.4. The third kappa shape index (κ3) is 9.07. The van der Waals surface area contributed by atoms with E-state index in [9.17, 15) is 32.4 Å². The quantitative estimate of drug-likeness (QED) is 0.139. The Morgan fingerprint density at radius 2 is 1.65 bits per heavy atom. The Balaban J connectivity index is 1.61. The van der Waals surface area contributed by atoms with E-state index in [1.54, 1.807) is 32.6 Å². The van der Waals surface area contributed by atoms with E-state index in [4.69, 9.17) is 0 Å². The van der Waals surface area contributed by atoms with E-state index in [1.807, 2.05) is 31.2 Å². The summed E-state index contributed by atoms with van der Waals surface area (Å²) < 4.78 is 26.4. The molecule has 2 fully saturated rings. The summed E-state index contributed by atoms with van der Waals surface area (Å²) in [5, 5.41) is 11.1. The van der Waals surface area contributed by atoms with Gasteiger partial charge in [0.05, 0.1) is 16.8 Å². The third-order valence-corrected chi connectivity index (χ3v) is 14.0. The molecule has 4 rings (SSSR count). The number of sulfonamides is 1. The summed E-state index contributed by atoms with van der Waals surface area (Å²) in [5.41, 5.74) is 2.44. The zero-order valence-corrected chi connectivity index (χ0v) is 34.0. The first-order valence-electron chi connectivity index (χ1n) is 19.0. The molecule has 298 valence electrons. The summed E-state index contributed by atoms with van der Waals surface area (Å²) in [4.78, 5) is 70.3. The van der Waals surface area contributed by atoms with Crippen molar-refractivity contribution in [1.29, 1.82) is 0 Å². The predicted molar refractivity (Wildman–Crippen MR) is 209 cm³/mol. The molecule has 0 bridgehead atoms. The van der Waals surface area contributed by atoms with Crippen LogP contribution in [0.3, 0.4) is 0 Å². The van der Waals surface area contributed by atoms with Gasteiger partial charge < -0.3 is 26.2 Å². The highest BCUT2D eigenvalue weighted by molar-refractivity contribution is 7.90. The van der Waals surface area contributed by atoms with Gasteiger partial charge >= 0.3 is 6.03 Å². The molecule has 4 N–H and O–H groups in total. The van der Waals surface area contributed by atoms with Gasteiger partial charge in [0.1, 0.15) is 12.1 Å². The Morgan fingerprint density at radius 1 is 1.04 bits per heavy atom. The number of hydrogen-bond donors (Lipinski definition) is 4. The number of likely N-dealkylation sites (tertiary alicyclic amines) is 1. The highest BCUT2D eigenvalue weighted by atomic mass is 32.2. The average Bonchev–Trinajstić information content (AvgIpc) is 3.46. The zero-order chi connectivity index (χ0) is 40.3. The van der Waals surface area contributed by atoms with Crippen LogP contribution < -0.4 is 21.3 Å². The average molecular weight is 769 g/mol. The van der Waals surface area contributed by atoms with Gasteiger partial charge in [-0.1, -0.05) is 76.1 Å². The van der Waals surface area contributed by atoms with Gasteiger partial charge in [-0.25, -0.2) is 17.5 Å². The maximum atomic E-state index is 14.8. The van der Waals surface area contributed by atoms with E-state index in [2.05, 4.69) is 48.3 Å². The van der Waals surface area contributed by atoms with Crippen molar-refractivity contribution in [3.63, 3.8) is 0 Å². The summed E-state index contributed by atoms with van der Waals surface area (Å²) in [5.74, 6) is -2.96. The second kappa shape index (κ2) is 16.8. The Bertz CT molecular complexity index is 1730. The lowest BCUT2D eigenvalue weighted by atomic mass is 9.93. The van der Waals surface area contributed by atoms with Crippen LogP contribution in [0.15, 0.2) is 49.1 Å². The van der Waals surface area contributed by atoms with Crippen molar-refractivity contribution >= 4 is 39.6 Å². The molecule has 6 atom stereocenters. The van der Waals surface area contributed by atoms with Crippen LogP contribution in [-0.2, 0) is 42.0 Å². The van der Waals surface area contributed by atoms with Crippen LogP contribution in [0, 0.1) is 23.2 Å². The van der Waals surface area contributed by atoms with Crippen molar-refractivity contribution in [3.8, 4) is 0 Å². The number of Topliss-reactive ketones (excluding diaryl/α,β-unsaturated/α-hetero) is 1. The molecule has 1 aromatic carbocycles. The molecule has 14 heteroatoms. The molecule has 1 unspecified atom stereocenters. The van der Waals surface area contributed by atoms with E-state index in [0.29, 0.717) is 31.4 Å². The van der Waals surface area contributed by atoms with E-state index in [1.165, 1.54) is 17.4 Å². The number of unbranched alkanes of at least 4 members (excludes halogenated alkanes) is 1. The Kier molecular flexibility index (Phi) is 13.3. The van der Waals surface area contributed by atoms with Crippen molar-refractivity contribution in [3.05, 3.63) is 60.2 Å². The fourth-order valence-corrected chi connectivity index (χ4v) is 9.31. The fraction of sp³-hybridized carbons (Fsp3) is 0.625. The lowest BCUT2D eigenvalue weighted by molar-refractivity contribution is -0.144. The number of carbonyl (C=O) groups is 5. The van der Waals surface area contributed by atoms with Gasteiger partial charge in [0.25, 0.3) is 5.91 Å². The normalized spacial score (nSPS) is 21.9. The lowest BCUT2D eigenvalue weighted by Gasteiger charge is -2.36. The van der Waals surface area contributed by atoms with Crippen LogP contribution in [-0.4, -0.2) is 103 Å². The highest BCUT2D eigenvalue weighted by Gasteiger charge is 2.69. The zero-order valence-electron chi connectivity index (χ0n) is 33.2. The molecule has 5 amide bonds. The molecule has 1 saturated carbocycles. The number of fused-ring (bicyclic) bond motifs is 2. The number of likely N-dealkylation sites (N-methyl/N-ethyl adjacent to an activating group) is 1. The molecule has 1 saturated heterocycles. The molecule has 0 aromatic heterocycles. The maximum absolute atomic E-state index is 14.8. The molecule has 3 aliphatic rings. The molecule has 1 aromatic rings. The maximum Gasteiger partial charge on any atom is 0.315 e. The van der Waals surface area contributed by atoms with Crippen molar-refractivity contribution in [1.82, 2.24) is 30.5 Å². The SMILES string of the molecule is C=CCNC(=O)C(=O)C(CCCC)NC(=O)[C@@H]1[C@@H]2[C@H](CN1C(=O)[C@@H](NC(=O)N[C@H](CN(C)S(=O)(=O)C(C)(C)C)C(=C)C)C1Cc3ccccc3C1)C2(C)C. The van der Waals surface area contributed by atoms with Gasteiger partial charge in [0.2, 0.25) is 27.6 Å². The molecular formula is C40H60N6O7S. The minimum atomic E-state index is -3.71. The van der Waals surface area contributed by atoms with Gasteiger partial charge in [-0.2, -0.15) is 0 Å². The van der Waals surface area contributed by atoms with Crippen molar-refractivity contribution in [2.24, 2.45) is 23.2 Å². The van der Waals surface area contributed by atoms with Crippen molar-refractivity contribution in [2.45, 2.75) is 109 Å². The number of amides is 5. The topological polar surface area (TPSA) is 174 Å². The van der Waals surface area contributed by atoms with Gasteiger partial charge in [-0.05, 0) is 81.3 Å². The summed E-state index contributed by atoms with van der Waals surface area (Å²) in [6, 6.07) is 3.43. The summed E-state index contributed by atoms with van der Waals surface area (Å²) in [7, 11) is -2.26. The number of urea groups is 1. The second-order valence-corrected chi connectivity index (χ2v) is 19.6. The molecule has 1 aliphatic heterocycles. The Morgan fingerprint density at radius 3 is 2.19 bits per heavy atom. The van der Waals surface area contributed by atoms with Crippen LogP contribution >= 0.6 is 0 Å². The molecule has 0 radical (unpaired) electrons. The van der Waals surface area contributed by atoms with Crippen molar-refractivity contribution < 1.29 is 32.4 Å². The van der Waals surface area contributed by atoms with E-state index in [0.717, 1.165) is 17.5 Å². The number of hydrogen-bond acceptors (Lipinski definition) is 7. The second-order valence-electron chi connectivity index (χ2n) is 16.8. The first kappa shape index (κ1) is 42.7. The smallest absolute Gasteiger partial charge is 0.315 e. The summed E-state index contributed by atoms with van der Waals surface area (Å²) in [6.45, 7) is 20.5. The molecule has 54 heavy (non-hydrogen) atoms. The van der Waals surface area contributed by atoms with Gasteiger partial charge in [-0.15, -0.1) is 6.58 Å². The van der Waals surface area contributed by atoms with Crippen LogP contribution in [0.5, 0.6) is 0 Å². The van der Waals surface area contributed by atoms with E-state index < -0.39 is 68.5 Å². The summed E-state index contributed by atoms with van der Waals surface area (Å²) in [6.07, 6.45) is 4.13. The molecule has 1 heterocycles. The predicted octanol–water partition coefficient (Wildman–Crippen LogP) is 3.10. The largest absolute Gasteiger partial charge is 0.346 e. The third-order valence-electron chi connectivity index (χ3n) is 11.5. The minimum Gasteiger partial charge on any atom is -0.346 e. The van der Waals surface area contributed by atoms with Crippen LogP contribution in [0.2, 0.25) is 0 Å². The minimum absolute atomic E-state index is 0.0289. The standard InChI is InChI=1S/C40H60N6O7S/c1-11-13-18-29(34(47)36(49)41-19-12-2)42-35(48)33-31-28(40(31,8)9)22-46(33)37(50)32(27-20-25-16-14-15-17-26(25)21-27)44-38(51)43-30(24(3)4)23-45(10)54(52,53)39(5,6)7/h12,14-17,27-33H,2-3,11,13,18-23H2,1,4-10H3,(H,41,49)(H,42,48)(H2,43,44,51)/t28-,29?,30+,31-,32-,33-/m0/s1. The van der Waals surface area contributed by atoms with E-state index >= 15 is 0 Å². The van der Waals surface area contributed by atoms with E-state index in [-0.39, 0.29) is 42.7 Å². The fourth-order valence-electron chi connectivity index (χ4n) is 8.03. The molecule has 0 spiro atoms. The number of rotatable bonds is 17. The number of benzene rings is 1. The first-order chi connectivity index (χ1) is 25.2. The van der Waals surface area contributed by atoms with Gasteiger partial charge in [-0.3, -0.25) is 19.2 Å². The van der Waals surface area contributed by atoms with Gasteiger partial charge in [0.15, 0.2) is 0 Å². The van der Waals surface area contributed by atoms with Gasteiger partial charge in [0, 0.05) is 26.7 Å². The monoisotopic (exact) mass is 768 g/mol. The lowest BCUT2D eigenvalue weighted by Crippen LogP contribution is -2.61. The van der Waals surface area contributed by atoms with Crippen LogP contribution in [0.4, 0.5) is 4.79 Å². The Hall–Kier alpha value is -4.04. The number of nitrogens with one attached hydrogen (secondary N) is 4. The summed E-state index contributed by atoms with van der Waals surface area (Å²) >= 11 is 0.